The van der Waals surface area contributed by atoms with Gasteiger partial charge in [0, 0.05) is 24.7 Å². The molecule has 30 heavy (non-hydrogen) atoms. The second-order valence-corrected chi connectivity index (χ2v) is 8.72. The van der Waals surface area contributed by atoms with Crippen molar-refractivity contribution < 1.29 is 14.4 Å². The Morgan fingerprint density at radius 2 is 1.87 bits per heavy atom. The molecule has 2 aromatic carbocycles. The number of carbonyl (C=O) groups is 3. The zero-order valence-corrected chi connectivity index (χ0v) is 17.2. The zero-order chi connectivity index (χ0) is 20.7. The molecule has 0 unspecified atom stereocenters. The molecule has 2 saturated heterocycles. The van der Waals surface area contributed by atoms with Gasteiger partial charge in [-0.25, -0.2) is 0 Å². The first-order valence-corrected chi connectivity index (χ1v) is 11.2. The molecule has 154 valence electrons. The highest BCUT2D eigenvalue weighted by atomic mass is 32.2. The molecule has 0 radical (unpaired) electrons. The molecule has 8 heteroatoms. The van der Waals surface area contributed by atoms with Crippen LogP contribution in [0.1, 0.15) is 10.4 Å². The third-order valence-electron chi connectivity index (χ3n) is 5.88. The van der Waals surface area contributed by atoms with Gasteiger partial charge in [0.05, 0.1) is 23.8 Å². The number of carbonyl (C=O) groups excluding carboxylic acids is 3. The first-order valence-electron chi connectivity index (χ1n) is 10.0. The van der Waals surface area contributed by atoms with Gasteiger partial charge in [-0.1, -0.05) is 36.4 Å². The van der Waals surface area contributed by atoms with Crippen molar-refractivity contribution in [1.82, 2.24) is 15.1 Å². The molecule has 5 rings (SSSR count). The van der Waals surface area contributed by atoms with Crippen molar-refractivity contribution >= 4 is 35.2 Å². The van der Waals surface area contributed by atoms with Crippen molar-refractivity contribution in [3.05, 3.63) is 54.1 Å². The number of rotatable bonds is 2. The highest BCUT2D eigenvalue weighted by Crippen LogP contribution is 2.30. The number of nitrogens with one attached hydrogen (secondary N) is 2. The molecule has 2 aromatic rings. The monoisotopic (exact) mass is 422 g/mol. The second-order valence-electron chi connectivity index (χ2n) is 7.69. The minimum Gasteiger partial charge on any atom is -0.337 e. The fraction of sp³-hybridized carbons (Fsp3) is 0.318. The van der Waals surface area contributed by atoms with Crippen LogP contribution in [-0.2, 0) is 9.59 Å². The molecule has 2 N–H and O–H groups in total. The van der Waals surface area contributed by atoms with Gasteiger partial charge in [-0.05, 0) is 23.3 Å². The summed E-state index contributed by atoms with van der Waals surface area (Å²) in [5.74, 6) is 1.09. The van der Waals surface area contributed by atoms with Gasteiger partial charge in [-0.3, -0.25) is 19.7 Å². The summed E-state index contributed by atoms with van der Waals surface area (Å²) in [7, 11) is 0. The standard InChI is InChI=1S/C22H22N4O3S/c27-20-19-11-25(22(29)18-12-30-13-23-18)8-9-26(19)21(28)16-10-15(6-7-17(16)24-20)14-4-2-1-3-5-14/h1-7,10,18-19,23H,8-9,11-13H2,(H,24,27)/t18-,19+/m0/s1. The van der Waals surface area contributed by atoms with E-state index in [1.165, 1.54) is 0 Å². The first kappa shape index (κ1) is 19.1. The smallest absolute Gasteiger partial charge is 0.256 e. The number of piperazine rings is 1. The van der Waals surface area contributed by atoms with Gasteiger partial charge in [0.2, 0.25) is 11.8 Å². The van der Waals surface area contributed by atoms with Gasteiger partial charge in [0.15, 0.2) is 0 Å². The largest absolute Gasteiger partial charge is 0.337 e. The van der Waals surface area contributed by atoms with Gasteiger partial charge < -0.3 is 15.1 Å². The fourth-order valence-corrected chi connectivity index (χ4v) is 5.17. The van der Waals surface area contributed by atoms with Crippen molar-refractivity contribution in [3.8, 4) is 11.1 Å². The third kappa shape index (κ3) is 3.36. The predicted molar refractivity (Wildman–Crippen MR) is 116 cm³/mol. The summed E-state index contributed by atoms with van der Waals surface area (Å²) >= 11 is 1.69. The number of amides is 3. The van der Waals surface area contributed by atoms with Crippen LogP contribution in [0.2, 0.25) is 0 Å². The number of thioether (sulfide) groups is 1. The summed E-state index contributed by atoms with van der Waals surface area (Å²) in [6.45, 7) is 1.00. The Balaban J connectivity index is 1.42. The maximum atomic E-state index is 13.3. The molecule has 0 saturated carbocycles. The van der Waals surface area contributed by atoms with Crippen molar-refractivity contribution in [2.45, 2.75) is 12.1 Å². The molecular formula is C22H22N4O3S. The van der Waals surface area contributed by atoms with Crippen LogP contribution >= 0.6 is 11.8 Å². The van der Waals surface area contributed by atoms with E-state index in [-0.39, 0.29) is 30.3 Å². The number of fused-ring (bicyclic) bond motifs is 2. The van der Waals surface area contributed by atoms with Crippen LogP contribution in [0, 0.1) is 0 Å². The van der Waals surface area contributed by atoms with Crippen LogP contribution in [-0.4, -0.2) is 70.9 Å². The number of hydrogen-bond donors (Lipinski definition) is 2. The van der Waals surface area contributed by atoms with Crippen LogP contribution in [0.25, 0.3) is 11.1 Å². The lowest BCUT2D eigenvalue weighted by molar-refractivity contribution is -0.137. The van der Waals surface area contributed by atoms with Crippen molar-refractivity contribution in [2.75, 3.05) is 36.6 Å². The normalized spacial score (nSPS) is 23.5. The van der Waals surface area contributed by atoms with Gasteiger partial charge >= 0.3 is 0 Å². The zero-order valence-electron chi connectivity index (χ0n) is 16.3. The van der Waals surface area contributed by atoms with E-state index in [1.54, 1.807) is 27.6 Å². The van der Waals surface area contributed by atoms with Crippen LogP contribution < -0.4 is 10.6 Å². The molecule has 0 spiro atoms. The van der Waals surface area contributed by atoms with Crippen LogP contribution in [0.5, 0.6) is 0 Å². The Kier molecular flexibility index (Phi) is 4.96. The molecule has 3 amide bonds. The first-order chi connectivity index (χ1) is 14.6. The van der Waals surface area contributed by atoms with E-state index in [0.29, 0.717) is 24.3 Å². The minimum absolute atomic E-state index is 0.00743. The predicted octanol–water partition coefficient (Wildman–Crippen LogP) is 1.62. The Morgan fingerprint density at radius 3 is 2.63 bits per heavy atom. The molecule has 2 fully saturated rings. The summed E-state index contributed by atoms with van der Waals surface area (Å²) in [6.07, 6.45) is 0. The topological polar surface area (TPSA) is 81.8 Å². The molecule has 2 atom stereocenters. The molecule has 7 nitrogen and oxygen atoms in total. The van der Waals surface area contributed by atoms with E-state index in [4.69, 9.17) is 0 Å². The van der Waals surface area contributed by atoms with Gasteiger partial charge in [-0.2, -0.15) is 0 Å². The third-order valence-corrected chi connectivity index (χ3v) is 6.82. The van der Waals surface area contributed by atoms with E-state index in [9.17, 15) is 14.4 Å². The maximum absolute atomic E-state index is 13.3. The summed E-state index contributed by atoms with van der Waals surface area (Å²) < 4.78 is 0. The van der Waals surface area contributed by atoms with E-state index < -0.39 is 6.04 Å². The Bertz CT molecular complexity index is 1010. The lowest BCUT2D eigenvalue weighted by atomic mass is 10.0. The second kappa shape index (κ2) is 7.77. The lowest BCUT2D eigenvalue weighted by Crippen LogP contribution is -2.61. The van der Waals surface area contributed by atoms with E-state index >= 15 is 0 Å². The molecule has 0 bridgehead atoms. The number of benzene rings is 2. The fourth-order valence-electron chi connectivity index (χ4n) is 4.24. The number of anilines is 1. The van der Waals surface area contributed by atoms with Crippen molar-refractivity contribution in [3.63, 3.8) is 0 Å². The van der Waals surface area contributed by atoms with Crippen molar-refractivity contribution in [1.29, 1.82) is 0 Å². The van der Waals surface area contributed by atoms with Crippen LogP contribution in [0.3, 0.4) is 0 Å². The summed E-state index contributed by atoms with van der Waals surface area (Å²) in [5, 5.41) is 6.09. The van der Waals surface area contributed by atoms with Crippen molar-refractivity contribution in [2.24, 2.45) is 0 Å². The molecule has 3 heterocycles. The Labute approximate surface area is 178 Å². The average Bonchev–Trinajstić information content (AvgIpc) is 3.30. The Morgan fingerprint density at radius 1 is 1.03 bits per heavy atom. The number of nitrogens with zero attached hydrogens (tertiary/aromatic N) is 2. The molecule has 0 aromatic heterocycles. The molecule has 0 aliphatic carbocycles. The highest BCUT2D eigenvalue weighted by Gasteiger charge is 2.41. The van der Waals surface area contributed by atoms with E-state index in [1.807, 2.05) is 42.5 Å². The van der Waals surface area contributed by atoms with Crippen LogP contribution in [0.15, 0.2) is 48.5 Å². The van der Waals surface area contributed by atoms with Gasteiger partial charge in [0.1, 0.15) is 6.04 Å². The molecule has 3 aliphatic rings. The summed E-state index contributed by atoms with van der Waals surface area (Å²) in [6, 6.07) is 14.5. The average molecular weight is 423 g/mol. The van der Waals surface area contributed by atoms with Gasteiger partial charge in [-0.15, -0.1) is 11.8 Å². The lowest BCUT2D eigenvalue weighted by Gasteiger charge is -2.40. The molecule has 3 aliphatic heterocycles. The SMILES string of the molecule is O=C1Nc2ccc(-c3ccccc3)cc2C(=O)N2CCN(C(=O)[C@@H]3CSCN3)C[C@H]12. The number of hydrogen-bond acceptors (Lipinski definition) is 5. The summed E-state index contributed by atoms with van der Waals surface area (Å²) in [5.41, 5.74) is 2.94. The summed E-state index contributed by atoms with van der Waals surface area (Å²) in [4.78, 5) is 42.4. The van der Waals surface area contributed by atoms with Gasteiger partial charge in [0.25, 0.3) is 5.91 Å². The van der Waals surface area contributed by atoms with E-state index in [0.717, 1.165) is 22.8 Å². The maximum Gasteiger partial charge on any atom is 0.256 e. The minimum atomic E-state index is -0.683. The van der Waals surface area contributed by atoms with Crippen LogP contribution in [0.4, 0.5) is 5.69 Å². The quantitative estimate of drug-likeness (QED) is 0.769. The Hall–Kier alpha value is -2.84. The molecular weight excluding hydrogens is 400 g/mol. The van der Waals surface area contributed by atoms with E-state index in [2.05, 4.69) is 10.6 Å². The highest BCUT2D eigenvalue weighted by molar-refractivity contribution is 7.99.